The maximum atomic E-state index is 12.8. The Labute approximate surface area is 149 Å². The van der Waals surface area contributed by atoms with Gasteiger partial charge in [-0.05, 0) is 63.1 Å². The molecule has 1 aliphatic carbocycles. The topological polar surface area (TPSA) is 59.0 Å². The van der Waals surface area contributed by atoms with Crippen molar-refractivity contribution < 1.29 is 19.4 Å². The van der Waals surface area contributed by atoms with E-state index in [-0.39, 0.29) is 30.3 Å². The molecule has 1 aliphatic heterocycles. The van der Waals surface area contributed by atoms with Crippen LogP contribution in [0.25, 0.3) is 0 Å². The number of ether oxygens (including phenoxy) is 2. The van der Waals surface area contributed by atoms with Gasteiger partial charge in [0, 0.05) is 13.7 Å². The fraction of sp³-hybridized carbons (Fsp3) is 0.650. The normalized spacial score (nSPS) is 28.8. The molecule has 1 amide bonds. The van der Waals surface area contributed by atoms with Gasteiger partial charge in [0.15, 0.2) is 6.61 Å². The summed E-state index contributed by atoms with van der Waals surface area (Å²) in [5.41, 5.74) is 2.97. The molecule has 2 fully saturated rings. The number of carbonyl (C=O) groups is 1. The van der Waals surface area contributed by atoms with Crippen LogP contribution < -0.4 is 4.74 Å². The fourth-order valence-electron chi connectivity index (χ4n) is 4.34. The Bertz CT molecular complexity index is 659. The Balaban J connectivity index is 1.71. The minimum atomic E-state index is -0.358. The Morgan fingerprint density at radius 2 is 2.00 bits per heavy atom. The number of hydrogen-bond acceptors (Lipinski definition) is 4. The lowest BCUT2D eigenvalue weighted by atomic mass is 9.79. The van der Waals surface area contributed by atoms with Crippen molar-refractivity contribution in [2.75, 3.05) is 20.3 Å². The van der Waals surface area contributed by atoms with Crippen LogP contribution in [-0.4, -0.2) is 53.9 Å². The molecule has 1 aromatic carbocycles. The highest BCUT2D eigenvalue weighted by Gasteiger charge is 2.52. The first-order valence-electron chi connectivity index (χ1n) is 9.10. The molecule has 1 aromatic rings. The standard InChI is InChI=1S/C20H29NO4/c1-13-5-6-14(2)19(15(13)3)25-12-18(23)21-10-9-20(24-4)8-7-16(22)11-17(20)21/h5-6,16-17,22H,7-12H2,1-4H3/t16-,17-,20+/m0/s1. The summed E-state index contributed by atoms with van der Waals surface area (Å²) in [5.74, 6) is 0.771. The minimum absolute atomic E-state index is 0.0253. The van der Waals surface area contributed by atoms with Crippen molar-refractivity contribution in [3.05, 3.63) is 28.8 Å². The third-order valence-corrected chi connectivity index (χ3v) is 6.10. The maximum Gasteiger partial charge on any atom is 0.260 e. The molecule has 0 bridgehead atoms. The number of likely N-dealkylation sites (tertiary alicyclic amines) is 1. The van der Waals surface area contributed by atoms with Crippen molar-refractivity contribution in [1.82, 2.24) is 4.90 Å². The maximum absolute atomic E-state index is 12.8. The van der Waals surface area contributed by atoms with Gasteiger partial charge in [0.05, 0.1) is 17.7 Å². The summed E-state index contributed by atoms with van der Waals surface area (Å²) >= 11 is 0. The van der Waals surface area contributed by atoms with Crippen molar-refractivity contribution in [3.63, 3.8) is 0 Å². The van der Waals surface area contributed by atoms with Crippen LogP contribution in [0.15, 0.2) is 12.1 Å². The van der Waals surface area contributed by atoms with Gasteiger partial charge in [-0.3, -0.25) is 4.79 Å². The Kier molecular flexibility index (Phi) is 5.07. The Morgan fingerprint density at radius 1 is 1.28 bits per heavy atom. The number of benzene rings is 1. The number of amides is 1. The number of aliphatic hydroxyl groups excluding tert-OH is 1. The third-order valence-electron chi connectivity index (χ3n) is 6.10. The lowest BCUT2D eigenvalue weighted by Crippen LogP contribution is -2.53. The van der Waals surface area contributed by atoms with Gasteiger partial charge in [-0.15, -0.1) is 0 Å². The first-order chi connectivity index (χ1) is 11.9. The quantitative estimate of drug-likeness (QED) is 0.909. The van der Waals surface area contributed by atoms with Gasteiger partial charge >= 0.3 is 0 Å². The van der Waals surface area contributed by atoms with Gasteiger partial charge in [-0.25, -0.2) is 0 Å². The number of aryl methyl sites for hydroxylation is 2. The highest BCUT2D eigenvalue weighted by atomic mass is 16.5. The molecular formula is C20H29NO4. The van der Waals surface area contributed by atoms with Gasteiger partial charge in [-0.1, -0.05) is 12.1 Å². The number of hydrogen-bond donors (Lipinski definition) is 1. The Hall–Kier alpha value is -1.59. The Morgan fingerprint density at radius 3 is 2.72 bits per heavy atom. The smallest absolute Gasteiger partial charge is 0.260 e. The van der Waals surface area contributed by atoms with E-state index < -0.39 is 0 Å². The van der Waals surface area contributed by atoms with E-state index in [0.717, 1.165) is 41.7 Å². The van der Waals surface area contributed by atoms with Crippen molar-refractivity contribution >= 4 is 5.91 Å². The van der Waals surface area contributed by atoms with Crippen molar-refractivity contribution in [2.45, 2.75) is 64.2 Å². The van der Waals surface area contributed by atoms with Gasteiger partial charge in [0.25, 0.3) is 5.91 Å². The summed E-state index contributed by atoms with van der Waals surface area (Å²) in [6.45, 7) is 6.75. The minimum Gasteiger partial charge on any atom is -0.483 e. The zero-order valence-corrected chi connectivity index (χ0v) is 15.7. The molecule has 1 N–H and O–H groups in total. The highest BCUT2D eigenvalue weighted by molar-refractivity contribution is 5.79. The molecule has 0 unspecified atom stereocenters. The summed E-state index contributed by atoms with van der Waals surface area (Å²) in [6, 6.07) is 4.03. The van der Waals surface area contributed by atoms with E-state index >= 15 is 0 Å². The molecule has 3 atom stereocenters. The predicted octanol–water partition coefficient (Wildman–Crippen LogP) is 2.52. The van der Waals surface area contributed by atoms with E-state index in [9.17, 15) is 9.90 Å². The van der Waals surface area contributed by atoms with Gasteiger partial charge in [0.1, 0.15) is 5.75 Å². The lowest BCUT2D eigenvalue weighted by Gasteiger charge is -2.42. The predicted molar refractivity (Wildman–Crippen MR) is 95.9 cm³/mol. The van der Waals surface area contributed by atoms with Crippen LogP contribution in [0.4, 0.5) is 0 Å². The molecule has 0 radical (unpaired) electrons. The van der Waals surface area contributed by atoms with Gasteiger partial charge < -0.3 is 19.5 Å². The average Bonchev–Trinajstić information content (AvgIpc) is 2.97. The number of fused-ring (bicyclic) bond motifs is 1. The van der Waals surface area contributed by atoms with Crippen LogP contribution in [0.3, 0.4) is 0 Å². The van der Waals surface area contributed by atoms with E-state index in [4.69, 9.17) is 9.47 Å². The molecular weight excluding hydrogens is 318 g/mol. The molecule has 1 saturated carbocycles. The van der Waals surface area contributed by atoms with Crippen molar-refractivity contribution in [3.8, 4) is 5.75 Å². The number of methoxy groups -OCH3 is 1. The van der Waals surface area contributed by atoms with E-state index in [1.54, 1.807) is 7.11 Å². The molecule has 138 valence electrons. The van der Waals surface area contributed by atoms with E-state index in [1.165, 1.54) is 0 Å². The number of carbonyl (C=O) groups excluding carboxylic acids is 1. The lowest BCUT2D eigenvalue weighted by molar-refractivity contribution is -0.141. The average molecular weight is 347 g/mol. The molecule has 1 saturated heterocycles. The summed E-state index contributed by atoms with van der Waals surface area (Å²) in [6.07, 6.45) is 2.60. The molecule has 2 aliphatic rings. The second-order valence-electron chi connectivity index (χ2n) is 7.49. The summed E-state index contributed by atoms with van der Waals surface area (Å²) in [7, 11) is 1.72. The van der Waals surface area contributed by atoms with Crippen LogP contribution in [0.1, 0.15) is 42.4 Å². The first kappa shape index (κ1) is 18.2. The number of nitrogens with zero attached hydrogens (tertiary/aromatic N) is 1. The zero-order chi connectivity index (χ0) is 18.2. The third kappa shape index (κ3) is 3.27. The summed E-state index contributed by atoms with van der Waals surface area (Å²) < 4.78 is 11.7. The number of aliphatic hydroxyl groups is 1. The molecule has 25 heavy (non-hydrogen) atoms. The van der Waals surface area contributed by atoms with E-state index in [0.29, 0.717) is 13.0 Å². The van der Waals surface area contributed by atoms with Crippen LogP contribution in [0, 0.1) is 20.8 Å². The molecule has 5 heteroatoms. The fourth-order valence-corrected chi connectivity index (χ4v) is 4.34. The summed E-state index contributed by atoms with van der Waals surface area (Å²) in [4.78, 5) is 14.7. The largest absolute Gasteiger partial charge is 0.483 e. The summed E-state index contributed by atoms with van der Waals surface area (Å²) in [5, 5.41) is 10.1. The number of rotatable bonds is 4. The van der Waals surface area contributed by atoms with E-state index in [1.807, 2.05) is 31.7 Å². The second kappa shape index (κ2) is 6.96. The molecule has 3 rings (SSSR count). The molecule has 0 spiro atoms. The zero-order valence-electron chi connectivity index (χ0n) is 15.7. The molecule has 0 aromatic heterocycles. The highest BCUT2D eigenvalue weighted by Crippen LogP contribution is 2.42. The van der Waals surface area contributed by atoms with Crippen LogP contribution in [0.2, 0.25) is 0 Å². The van der Waals surface area contributed by atoms with Crippen molar-refractivity contribution in [2.24, 2.45) is 0 Å². The van der Waals surface area contributed by atoms with E-state index in [2.05, 4.69) is 6.07 Å². The van der Waals surface area contributed by atoms with Gasteiger partial charge in [-0.2, -0.15) is 0 Å². The molecule has 1 heterocycles. The van der Waals surface area contributed by atoms with Crippen molar-refractivity contribution in [1.29, 1.82) is 0 Å². The SMILES string of the molecule is CO[C@@]12CC[C@H](O)C[C@@H]1N(C(=O)COc1c(C)ccc(C)c1C)CC2. The second-order valence-corrected chi connectivity index (χ2v) is 7.49. The van der Waals surface area contributed by atoms with Crippen LogP contribution in [-0.2, 0) is 9.53 Å². The monoisotopic (exact) mass is 347 g/mol. The first-order valence-corrected chi connectivity index (χ1v) is 9.10. The van der Waals surface area contributed by atoms with Crippen LogP contribution >= 0.6 is 0 Å². The molecule has 5 nitrogen and oxygen atoms in total. The van der Waals surface area contributed by atoms with Gasteiger partial charge in [0.2, 0.25) is 0 Å². The van der Waals surface area contributed by atoms with Crippen LogP contribution in [0.5, 0.6) is 5.75 Å².